The van der Waals surface area contributed by atoms with Gasteiger partial charge in [0, 0.05) is 91.9 Å². The van der Waals surface area contributed by atoms with E-state index in [1.165, 1.54) is 16.0 Å². The van der Waals surface area contributed by atoms with E-state index in [2.05, 4.69) is 53.6 Å². The van der Waals surface area contributed by atoms with E-state index in [-0.39, 0.29) is 11.1 Å². The van der Waals surface area contributed by atoms with Gasteiger partial charge in [0.1, 0.15) is 11.5 Å². The summed E-state index contributed by atoms with van der Waals surface area (Å²) >= 11 is 1.74. The minimum atomic E-state index is -0.00346. The number of aromatic nitrogens is 5. The molecule has 0 unspecified atom stereocenters. The maximum atomic E-state index is 12.5. The number of rotatable bonds is 12. The Hall–Kier alpha value is -4.99. The van der Waals surface area contributed by atoms with Gasteiger partial charge in [-0.1, -0.05) is 6.07 Å². The number of likely N-dealkylation sites (tertiary alicyclic amines) is 2. The Labute approximate surface area is 330 Å². The zero-order chi connectivity index (χ0) is 38.9. The fourth-order valence-corrected chi connectivity index (χ4v) is 8.13. The van der Waals surface area contributed by atoms with Crippen LogP contribution in [0.4, 0.5) is 0 Å². The standard InChI is InChI=1S/C26H29N5O2S.C16H22N4O2/c1-33-22-14-24-23(29-18-22)4-5-26(32)31(24)11-10-30-8-6-21(7-9-30)28-16-19-13-20(17-27-15-19)25-3-2-12-34-25;1-22-13-10-15-14(18-11-13)2-3-16(21)20(15)9-8-19-6-4-12(17)5-7-19/h2-5,12-15,17-18,21,28H,6-11,16H2,1H3;2-3,10-12H,4-9,17H2,1H3. The van der Waals surface area contributed by atoms with Crippen LogP contribution < -0.4 is 31.6 Å². The van der Waals surface area contributed by atoms with Crippen LogP contribution in [-0.4, -0.2) is 99.5 Å². The SMILES string of the molecule is COc1cnc2ccc(=O)n(CCN3CCC(N)CC3)c2c1.COc1cnc2ccc(=O)n(CCN3CCC(NCc4cncc(-c5cccs5)c4)CC3)c2c1. The molecule has 2 saturated heterocycles. The highest BCUT2D eigenvalue weighted by atomic mass is 32.1. The summed E-state index contributed by atoms with van der Waals surface area (Å²) in [5, 5.41) is 5.81. The van der Waals surface area contributed by atoms with E-state index >= 15 is 0 Å². The van der Waals surface area contributed by atoms with Gasteiger partial charge in [0.2, 0.25) is 0 Å². The molecule has 2 fully saturated rings. The summed E-state index contributed by atoms with van der Waals surface area (Å²) in [6, 6.07) is 17.7. The Kier molecular flexibility index (Phi) is 13.2. The normalized spacial score (nSPS) is 15.8. The lowest BCUT2D eigenvalue weighted by Crippen LogP contribution is -2.43. The number of pyridine rings is 5. The van der Waals surface area contributed by atoms with Crippen molar-refractivity contribution in [1.82, 2.24) is 39.2 Å². The highest BCUT2D eigenvalue weighted by Gasteiger charge is 2.20. The van der Waals surface area contributed by atoms with Crippen molar-refractivity contribution < 1.29 is 9.47 Å². The molecule has 0 radical (unpaired) electrons. The van der Waals surface area contributed by atoms with Crippen LogP contribution >= 0.6 is 11.3 Å². The van der Waals surface area contributed by atoms with Gasteiger partial charge < -0.3 is 39.5 Å². The van der Waals surface area contributed by atoms with Crippen LogP contribution in [0.5, 0.6) is 11.5 Å². The largest absolute Gasteiger partial charge is 0.495 e. The molecule has 8 rings (SSSR count). The van der Waals surface area contributed by atoms with E-state index < -0.39 is 0 Å². The zero-order valence-corrected chi connectivity index (χ0v) is 33.0. The molecule has 13 nitrogen and oxygen atoms in total. The molecule has 14 heteroatoms. The zero-order valence-electron chi connectivity index (χ0n) is 32.2. The van der Waals surface area contributed by atoms with Gasteiger partial charge >= 0.3 is 0 Å². The van der Waals surface area contributed by atoms with Crippen LogP contribution in [0.2, 0.25) is 0 Å². The molecule has 0 bridgehead atoms. The van der Waals surface area contributed by atoms with E-state index in [0.717, 1.165) is 93.6 Å². The van der Waals surface area contributed by atoms with Gasteiger partial charge in [0.25, 0.3) is 11.1 Å². The molecule has 3 N–H and O–H groups in total. The predicted molar refractivity (Wildman–Crippen MR) is 223 cm³/mol. The summed E-state index contributed by atoms with van der Waals surface area (Å²) < 4.78 is 14.1. The third kappa shape index (κ3) is 9.87. The second-order valence-electron chi connectivity index (χ2n) is 14.4. The average molecular weight is 778 g/mol. The van der Waals surface area contributed by atoms with E-state index in [1.54, 1.807) is 66.8 Å². The third-order valence-electron chi connectivity index (χ3n) is 10.8. The molecule has 56 heavy (non-hydrogen) atoms. The van der Waals surface area contributed by atoms with Crippen LogP contribution in [0.25, 0.3) is 32.5 Å². The molecule has 0 amide bonds. The first-order valence-corrected chi connectivity index (χ1v) is 20.2. The monoisotopic (exact) mass is 777 g/mol. The summed E-state index contributed by atoms with van der Waals surface area (Å²) in [5.74, 6) is 1.32. The number of hydrogen-bond acceptors (Lipinski definition) is 12. The van der Waals surface area contributed by atoms with Crippen molar-refractivity contribution in [2.75, 3.05) is 53.5 Å². The molecule has 0 aromatic carbocycles. The van der Waals surface area contributed by atoms with Gasteiger partial charge in [-0.2, -0.15) is 0 Å². The van der Waals surface area contributed by atoms with Crippen LogP contribution in [-0.2, 0) is 19.6 Å². The number of piperidine rings is 2. The highest BCUT2D eigenvalue weighted by Crippen LogP contribution is 2.25. The van der Waals surface area contributed by atoms with Crippen molar-refractivity contribution in [3.8, 4) is 21.9 Å². The molecule has 294 valence electrons. The van der Waals surface area contributed by atoms with Gasteiger partial charge in [0.15, 0.2) is 0 Å². The van der Waals surface area contributed by atoms with Crippen molar-refractivity contribution in [1.29, 1.82) is 0 Å². The van der Waals surface area contributed by atoms with Gasteiger partial charge in [-0.05, 0) is 87.1 Å². The smallest absolute Gasteiger partial charge is 0.251 e. The molecule has 0 spiro atoms. The number of methoxy groups -OCH3 is 2. The second-order valence-corrected chi connectivity index (χ2v) is 15.4. The Balaban J connectivity index is 0.000000189. The van der Waals surface area contributed by atoms with Crippen molar-refractivity contribution in [2.24, 2.45) is 5.73 Å². The van der Waals surface area contributed by atoms with Crippen molar-refractivity contribution in [3.05, 3.63) is 111 Å². The number of nitrogens with two attached hydrogens (primary N) is 1. The molecule has 6 aromatic rings. The lowest BCUT2D eigenvalue weighted by Gasteiger charge is -2.32. The number of hydrogen-bond donors (Lipinski definition) is 2. The average Bonchev–Trinajstić information content (AvgIpc) is 3.79. The first-order valence-electron chi connectivity index (χ1n) is 19.4. The van der Waals surface area contributed by atoms with Gasteiger partial charge in [-0.15, -0.1) is 11.3 Å². The summed E-state index contributed by atoms with van der Waals surface area (Å²) in [4.78, 5) is 44.0. The fourth-order valence-electron chi connectivity index (χ4n) is 7.43. The Morgan fingerprint density at radius 3 is 1.84 bits per heavy atom. The van der Waals surface area contributed by atoms with Gasteiger partial charge in [-0.25, -0.2) is 0 Å². The summed E-state index contributed by atoms with van der Waals surface area (Å²) in [6.07, 6.45) is 11.5. The first kappa shape index (κ1) is 39.3. The number of nitrogens with one attached hydrogen (secondary N) is 1. The summed E-state index contributed by atoms with van der Waals surface area (Å²) in [6.45, 7) is 7.86. The number of thiophene rings is 1. The Morgan fingerprint density at radius 2 is 1.30 bits per heavy atom. The molecule has 0 saturated carbocycles. The fraction of sp³-hybridized carbons (Fsp3) is 0.405. The van der Waals surface area contributed by atoms with Crippen molar-refractivity contribution >= 4 is 33.4 Å². The lowest BCUT2D eigenvalue weighted by molar-refractivity contribution is 0.191. The minimum absolute atomic E-state index is 0.00232. The Morgan fingerprint density at radius 1 is 0.732 bits per heavy atom. The second kappa shape index (κ2) is 18.8. The molecule has 8 heterocycles. The topological polar surface area (TPSA) is 146 Å². The minimum Gasteiger partial charge on any atom is -0.495 e. The summed E-state index contributed by atoms with van der Waals surface area (Å²) in [7, 11) is 3.22. The number of ether oxygens (including phenoxy) is 2. The molecule has 2 aliphatic heterocycles. The number of fused-ring (bicyclic) bond motifs is 2. The molecular formula is C42H51N9O4S. The molecular weight excluding hydrogens is 727 g/mol. The van der Waals surface area contributed by atoms with Crippen LogP contribution in [0.1, 0.15) is 31.2 Å². The molecule has 2 aliphatic rings. The molecule has 6 aromatic heterocycles. The van der Waals surface area contributed by atoms with E-state index in [4.69, 9.17) is 15.2 Å². The van der Waals surface area contributed by atoms with E-state index in [1.807, 2.05) is 29.1 Å². The maximum absolute atomic E-state index is 12.5. The van der Waals surface area contributed by atoms with Crippen molar-refractivity contribution in [3.63, 3.8) is 0 Å². The third-order valence-corrected chi connectivity index (χ3v) is 11.7. The van der Waals surface area contributed by atoms with E-state index in [9.17, 15) is 9.59 Å². The molecule has 0 aliphatic carbocycles. The van der Waals surface area contributed by atoms with Crippen molar-refractivity contribution in [2.45, 2.75) is 57.4 Å². The molecule has 0 atom stereocenters. The van der Waals surface area contributed by atoms with E-state index in [0.29, 0.717) is 36.7 Å². The quantitative estimate of drug-likeness (QED) is 0.180. The number of nitrogens with zero attached hydrogens (tertiary/aromatic N) is 7. The first-order chi connectivity index (χ1) is 27.4. The maximum Gasteiger partial charge on any atom is 0.251 e. The van der Waals surface area contributed by atoms with Crippen LogP contribution in [0.3, 0.4) is 0 Å². The van der Waals surface area contributed by atoms with Gasteiger partial charge in [-0.3, -0.25) is 24.5 Å². The van der Waals surface area contributed by atoms with Gasteiger partial charge in [0.05, 0.1) is 48.7 Å². The summed E-state index contributed by atoms with van der Waals surface area (Å²) in [5.41, 5.74) is 11.6. The van der Waals surface area contributed by atoms with Crippen LogP contribution in [0.15, 0.2) is 94.4 Å². The lowest BCUT2D eigenvalue weighted by atomic mass is 10.0. The highest BCUT2D eigenvalue weighted by molar-refractivity contribution is 7.13. The predicted octanol–water partition coefficient (Wildman–Crippen LogP) is 4.61. The van der Waals surface area contributed by atoms with Crippen LogP contribution in [0, 0.1) is 0 Å². The Bertz CT molecular complexity index is 2310.